The van der Waals surface area contributed by atoms with Crippen LogP contribution in [0.3, 0.4) is 0 Å². The molecule has 126 valence electrons. The molecular weight excluding hydrogens is 323 g/mol. The molecule has 7 nitrogen and oxygen atoms in total. The Balaban J connectivity index is 1.75. The van der Waals surface area contributed by atoms with Crippen molar-refractivity contribution in [3.8, 4) is 0 Å². The van der Waals surface area contributed by atoms with Gasteiger partial charge in [0, 0.05) is 18.0 Å². The minimum absolute atomic E-state index is 0.215. The summed E-state index contributed by atoms with van der Waals surface area (Å²) in [5.41, 5.74) is 2.05. The van der Waals surface area contributed by atoms with Gasteiger partial charge in [0.05, 0.1) is 0 Å². The van der Waals surface area contributed by atoms with Gasteiger partial charge in [-0.1, -0.05) is 12.1 Å². The zero-order chi connectivity index (χ0) is 17.4. The number of fused-ring (bicyclic) bond motifs is 1. The maximum absolute atomic E-state index is 13.1. The van der Waals surface area contributed by atoms with Gasteiger partial charge in [-0.15, -0.1) is 0 Å². The molecule has 4 rings (SSSR count). The normalized spacial score (nSPS) is 12.4. The Bertz CT molecular complexity index is 1020. The predicted molar refractivity (Wildman–Crippen MR) is 90.1 cm³/mol. The number of aliphatic hydroxyl groups excluding tert-OH is 1. The summed E-state index contributed by atoms with van der Waals surface area (Å²) < 4.78 is 14.8. The maximum Gasteiger partial charge on any atom is 0.216 e. The average molecular weight is 338 g/mol. The summed E-state index contributed by atoms with van der Waals surface area (Å²) >= 11 is 0. The third-order valence-electron chi connectivity index (χ3n) is 3.78. The van der Waals surface area contributed by atoms with E-state index >= 15 is 0 Å². The first-order chi connectivity index (χ1) is 12.1. The highest BCUT2D eigenvalue weighted by molar-refractivity contribution is 5.54. The Hall–Kier alpha value is -3.26. The molecule has 0 saturated carbocycles. The van der Waals surface area contributed by atoms with E-state index in [-0.39, 0.29) is 11.6 Å². The Morgan fingerprint density at radius 2 is 2.00 bits per heavy atom. The number of anilines is 2. The van der Waals surface area contributed by atoms with Crippen molar-refractivity contribution in [1.29, 1.82) is 0 Å². The zero-order valence-corrected chi connectivity index (χ0v) is 13.3. The molecule has 1 atom stereocenters. The smallest absolute Gasteiger partial charge is 0.216 e. The van der Waals surface area contributed by atoms with Gasteiger partial charge in [0.25, 0.3) is 0 Å². The summed E-state index contributed by atoms with van der Waals surface area (Å²) in [6.07, 6.45) is 0.743. The van der Waals surface area contributed by atoms with Gasteiger partial charge < -0.3 is 10.4 Å². The van der Waals surface area contributed by atoms with E-state index in [1.807, 2.05) is 31.3 Å². The molecule has 0 spiro atoms. The van der Waals surface area contributed by atoms with E-state index in [0.29, 0.717) is 23.0 Å². The maximum atomic E-state index is 13.1. The van der Waals surface area contributed by atoms with Gasteiger partial charge in [-0.25, -0.2) is 9.37 Å². The Labute approximate surface area is 142 Å². The molecule has 0 amide bonds. The predicted octanol–water partition coefficient (Wildman–Crippen LogP) is 2.73. The lowest BCUT2D eigenvalue weighted by Crippen LogP contribution is -2.11. The number of aromatic amines is 1. The zero-order valence-electron chi connectivity index (χ0n) is 13.3. The molecule has 25 heavy (non-hydrogen) atoms. The second-order valence-electron chi connectivity index (χ2n) is 5.66. The van der Waals surface area contributed by atoms with Gasteiger partial charge in [0.2, 0.25) is 5.95 Å². The minimum Gasteiger partial charge on any atom is -0.380 e. The molecule has 1 unspecified atom stereocenters. The summed E-state index contributed by atoms with van der Waals surface area (Å²) in [6, 6.07) is 11.1. The van der Waals surface area contributed by atoms with Gasteiger partial charge in [-0.3, -0.25) is 9.50 Å². The molecule has 3 N–H and O–H groups in total. The molecule has 0 saturated heterocycles. The minimum atomic E-state index is -1.07. The first-order valence-electron chi connectivity index (χ1n) is 7.68. The first kappa shape index (κ1) is 15.3. The lowest BCUT2D eigenvalue weighted by molar-refractivity contribution is 0.210. The van der Waals surface area contributed by atoms with E-state index in [2.05, 4.69) is 25.5 Å². The number of nitrogens with zero attached hydrogens (tertiary/aromatic N) is 4. The Morgan fingerprint density at radius 1 is 1.20 bits per heavy atom. The van der Waals surface area contributed by atoms with Crippen LogP contribution in [0, 0.1) is 12.7 Å². The van der Waals surface area contributed by atoms with Gasteiger partial charge in [0.15, 0.2) is 11.6 Å². The molecule has 0 radical (unpaired) electrons. The fourth-order valence-corrected chi connectivity index (χ4v) is 2.55. The standard InChI is InChI=1S/C17H15FN6O/c1-10-9-13(23-22-10)19-17-21-16(20-14-3-2-8-24(14)17)15(25)11-4-6-12(18)7-5-11/h2-9,15,25H,1H3,(H2,19,20,21,22,23). The number of nitrogens with one attached hydrogen (secondary N) is 2. The second-order valence-corrected chi connectivity index (χ2v) is 5.66. The summed E-state index contributed by atoms with van der Waals surface area (Å²) in [6.45, 7) is 1.90. The molecule has 1 aromatic carbocycles. The number of benzene rings is 1. The summed E-state index contributed by atoms with van der Waals surface area (Å²) in [4.78, 5) is 8.80. The van der Waals surface area contributed by atoms with E-state index in [0.717, 1.165) is 5.69 Å². The SMILES string of the molecule is Cc1cc(Nc2nc(C(O)c3ccc(F)cc3)nc3cccn23)n[nH]1. The molecule has 0 fully saturated rings. The van der Waals surface area contributed by atoms with Crippen LogP contribution in [0.15, 0.2) is 48.7 Å². The van der Waals surface area contributed by atoms with Crippen molar-refractivity contribution < 1.29 is 9.50 Å². The molecule has 3 heterocycles. The third kappa shape index (κ3) is 2.94. The number of aromatic nitrogens is 5. The van der Waals surface area contributed by atoms with E-state index in [4.69, 9.17) is 0 Å². The van der Waals surface area contributed by atoms with Crippen molar-refractivity contribution in [3.05, 3.63) is 71.6 Å². The topological polar surface area (TPSA) is 91.1 Å². The Kier molecular flexibility index (Phi) is 3.66. The summed E-state index contributed by atoms with van der Waals surface area (Å²) in [5.74, 6) is 0.925. The van der Waals surface area contributed by atoms with Crippen LogP contribution in [0.25, 0.3) is 5.65 Å². The molecule has 8 heteroatoms. The van der Waals surface area contributed by atoms with E-state index in [9.17, 15) is 9.50 Å². The largest absolute Gasteiger partial charge is 0.380 e. The number of hydrogen-bond acceptors (Lipinski definition) is 5. The molecular formula is C17H15FN6O. The molecule has 3 aromatic heterocycles. The van der Waals surface area contributed by atoms with Crippen molar-refractivity contribution >= 4 is 17.4 Å². The van der Waals surface area contributed by atoms with Crippen LogP contribution in [0.4, 0.5) is 16.2 Å². The van der Waals surface area contributed by atoms with Crippen LogP contribution in [-0.4, -0.2) is 29.7 Å². The first-order valence-corrected chi connectivity index (χ1v) is 7.68. The second kappa shape index (κ2) is 5.99. The highest BCUT2D eigenvalue weighted by atomic mass is 19.1. The highest BCUT2D eigenvalue weighted by Crippen LogP contribution is 2.23. The van der Waals surface area contributed by atoms with E-state index in [1.54, 1.807) is 4.40 Å². The number of hydrogen-bond donors (Lipinski definition) is 3. The summed E-state index contributed by atoms with van der Waals surface area (Å²) in [7, 11) is 0. The number of H-pyrrole nitrogens is 1. The lowest BCUT2D eigenvalue weighted by Gasteiger charge is -2.13. The van der Waals surface area contributed by atoms with Crippen LogP contribution in [0.2, 0.25) is 0 Å². The van der Waals surface area contributed by atoms with Gasteiger partial charge in [0.1, 0.15) is 17.6 Å². The fourth-order valence-electron chi connectivity index (χ4n) is 2.55. The van der Waals surface area contributed by atoms with Crippen molar-refractivity contribution in [3.63, 3.8) is 0 Å². The van der Waals surface area contributed by atoms with Crippen molar-refractivity contribution in [2.75, 3.05) is 5.32 Å². The monoisotopic (exact) mass is 338 g/mol. The average Bonchev–Trinajstić information content (AvgIpc) is 3.23. The number of halogens is 1. The molecule has 0 bridgehead atoms. The summed E-state index contributed by atoms with van der Waals surface area (Å²) in [5, 5.41) is 20.7. The molecule has 0 aliphatic carbocycles. The van der Waals surface area contributed by atoms with Gasteiger partial charge >= 0.3 is 0 Å². The third-order valence-corrected chi connectivity index (χ3v) is 3.78. The highest BCUT2D eigenvalue weighted by Gasteiger charge is 2.17. The Morgan fingerprint density at radius 3 is 2.72 bits per heavy atom. The van der Waals surface area contributed by atoms with E-state index < -0.39 is 6.10 Å². The van der Waals surface area contributed by atoms with Crippen molar-refractivity contribution in [2.45, 2.75) is 13.0 Å². The van der Waals surface area contributed by atoms with Crippen LogP contribution >= 0.6 is 0 Å². The molecule has 0 aliphatic heterocycles. The number of rotatable bonds is 4. The fraction of sp³-hybridized carbons (Fsp3) is 0.118. The quantitative estimate of drug-likeness (QED) is 0.532. The number of aliphatic hydroxyl groups is 1. The number of aryl methyl sites for hydroxylation is 1. The molecule has 4 aromatic rings. The van der Waals surface area contributed by atoms with Crippen LogP contribution in [0.1, 0.15) is 23.2 Å². The lowest BCUT2D eigenvalue weighted by atomic mass is 10.1. The van der Waals surface area contributed by atoms with Gasteiger partial charge in [-0.2, -0.15) is 10.1 Å². The van der Waals surface area contributed by atoms with Crippen LogP contribution in [-0.2, 0) is 0 Å². The van der Waals surface area contributed by atoms with E-state index in [1.165, 1.54) is 24.3 Å². The van der Waals surface area contributed by atoms with Gasteiger partial charge in [-0.05, 0) is 36.8 Å². The van der Waals surface area contributed by atoms with Crippen molar-refractivity contribution in [1.82, 2.24) is 24.6 Å². The van der Waals surface area contributed by atoms with Crippen molar-refractivity contribution in [2.24, 2.45) is 0 Å². The molecule has 0 aliphatic rings. The van der Waals surface area contributed by atoms with Crippen LogP contribution < -0.4 is 5.32 Å². The van der Waals surface area contributed by atoms with Crippen LogP contribution in [0.5, 0.6) is 0 Å².